The van der Waals surface area contributed by atoms with Crippen LogP contribution in [-0.4, -0.2) is 34.8 Å². The summed E-state index contributed by atoms with van der Waals surface area (Å²) < 4.78 is 24.3. The number of nitrogens with two attached hydrogens (primary N) is 1. The second-order valence-corrected chi connectivity index (χ2v) is 9.95. The minimum absolute atomic E-state index is 0.0145. The van der Waals surface area contributed by atoms with Gasteiger partial charge in [0.15, 0.2) is 23.1 Å². The highest BCUT2D eigenvalue weighted by atomic mass is 79.9. The fourth-order valence-corrected chi connectivity index (χ4v) is 4.33. The number of aromatic nitrogens is 2. The number of fused-ring (bicyclic) bond motifs is 3. The lowest BCUT2D eigenvalue weighted by Gasteiger charge is -2.18. The Kier molecular flexibility index (Phi) is 9.16. The first-order valence-corrected chi connectivity index (χ1v) is 12.4. The number of hydrogen-bond acceptors (Lipinski definition) is 6. The highest BCUT2D eigenvalue weighted by Crippen LogP contribution is 2.36. The number of phenolic OH excluding ortho intramolecular Hbond substituents is 1. The third kappa shape index (κ3) is 6.08. The average molecular weight is 581 g/mol. The van der Waals surface area contributed by atoms with Crippen molar-refractivity contribution in [1.82, 2.24) is 9.97 Å². The van der Waals surface area contributed by atoms with Crippen molar-refractivity contribution in [2.75, 3.05) is 13.7 Å². The molecule has 0 bridgehead atoms. The third-order valence-electron chi connectivity index (χ3n) is 5.47. The van der Waals surface area contributed by atoms with E-state index in [1.165, 1.54) is 12.1 Å². The van der Waals surface area contributed by atoms with E-state index in [9.17, 15) is 9.18 Å². The number of halogens is 3. The zero-order valence-electron chi connectivity index (χ0n) is 20.4. The van der Waals surface area contributed by atoms with Crippen LogP contribution in [0.5, 0.6) is 17.2 Å². The van der Waals surface area contributed by atoms with Gasteiger partial charge in [0.1, 0.15) is 6.61 Å². The smallest absolute Gasteiger partial charge is 0.258 e. The van der Waals surface area contributed by atoms with E-state index >= 15 is 0 Å². The molecule has 0 amide bonds. The van der Waals surface area contributed by atoms with Crippen LogP contribution in [0.3, 0.4) is 0 Å². The number of nitrogens with zero attached hydrogens (tertiary/aromatic N) is 1. The number of pyridine rings is 2. The number of nitrogens with one attached hydrogen (secondary N) is 1. The summed E-state index contributed by atoms with van der Waals surface area (Å²) in [6.45, 7) is 6.47. The van der Waals surface area contributed by atoms with E-state index in [4.69, 9.17) is 31.9 Å². The Bertz CT molecular complexity index is 1420. The van der Waals surface area contributed by atoms with Crippen LogP contribution in [-0.2, 0) is 0 Å². The van der Waals surface area contributed by atoms with E-state index in [2.05, 4.69) is 39.7 Å². The summed E-state index contributed by atoms with van der Waals surface area (Å²) in [6, 6.07) is 8.41. The van der Waals surface area contributed by atoms with E-state index in [-0.39, 0.29) is 21.1 Å². The van der Waals surface area contributed by atoms with E-state index in [0.717, 1.165) is 17.2 Å². The first kappa shape index (κ1) is 27.7. The molecule has 192 valence electrons. The number of methoxy groups -OCH3 is 1. The monoisotopic (exact) mass is 579 g/mol. The molecule has 0 radical (unpaired) electrons. The Labute approximate surface area is 221 Å². The second kappa shape index (κ2) is 11.9. The number of aromatic amines is 1. The van der Waals surface area contributed by atoms with E-state index in [1.807, 2.05) is 25.1 Å². The minimum Gasteiger partial charge on any atom is -0.504 e. The van der Waals surface area contributed by atoms with Crippen molar-refractivity contribution < 1.29 is 19.0 Å². The molecule has 2 aromatic heterocycles. The van der Waals surface area contributed by atoms with Gasteiger partial charge in [0.25, 0.3) is 5.56 Å². The number of aryl methyl sites for hydroxylation is 1. The molecule has 0 aliphatic carbocycles. The largest absolute Gasteiger partial charge is 0.504 e. The first-order valence-electron chi connectivity index (χ1n) is 11.2. The van der Waals surface area contributed by atoms with Gasteiger partial charge < -0.3 is 25.3 Å². The van der Waals surface area contributed by atoms with Gasteiger partial charge in [-0.2, -0.15) is 0 Å². The van der Waals surface area contributed by atoms with Gasteiger partial charge in [-0.15, -0.1) is 0 Å². The van der Waals surface area contributed by atoms with Crippen LogP contribution in [0.2, 0.25) is 5.02 Å². The normalized spacial score (nSPS) is 11.9. The highest BCUT2D eigenvalue weighted by molar-refractivity contribution is 9.10. The Balaban J connectivity index is 0.000000303. The predicted molar refractivity (Wildman–Crippen MR) is 145 cm³/mol. The minimum atomic E-state index is -0.729. The average Bonchev–Trinajstić information content (AvgIpc) is 2.83. The summed E-state index contributed by atoms with van der Waals surface area (Å²) in [5, 5.41) is 11.2. The van der Waals surface area contributed by atoms with Crippen molar-refractivity contribution >= 4 is 49.2 Å². The zero-order valence-corrected chi connectivity index (χ0v) is 22.7. The molecular formula is C26H28BrClFN3O4. The fraction of sp³-hybridized carbons (Fsp3) is 0.308. The number of H-pyrrole nitrogens is 1. The number of ether oxygens (including phenoxy) is 2. The van der Waals surface area contributed by atoms with Gasteiger partial charge in [-0.1, -0.05) is 25.4 Å². The molecule has 0 fully saturated rings. The molecule has 0 unspecified atom stereocenters. The van der Waals surface area contributed by atoms with Crippen molar-refractivity contribution in [1.29, 1.82) is 0 Å². The maximum absolute atomic E-state index is 12.6. The number of aromatic hydroxyl groups is 1. The molecule has 7 nitrogen and oxygen atoms in total. The van der Waals surface area contributed by atoms with Crippen molar-refractivity contribution in [2.45, 2.75) is 33.2 Å². The maximum Gasteiger partial charge on any atom is 0.258 e. The molecular weight excluding hydrogens is 553 g/mol. The van der Waals surface area contributed by atoms with Crippen LogP contribution in [0, 0.1) is 18.7 Å². The third-order valence-corrected chi connectivity index (χ3v) is 6.39. The molecule has 0 saturated carbocycles. The van der Waals surface area contributed by atoms with Crippen molar-refractivity contribution in [2.24, 2.45) is 11.7 Å². The van der Waals surface area contributed by atoms with Gasteiger partial charge in [-0.25, -0.2) is 4.39 Å². The molecule has 4 N–H and O–H groups in total. The van der Waals surface area contributed by atoms with Gasteiger partial charge in [0.2, 0.25) is 0 Å². The van der Waals surface area contributed by atoms with E-state index < -0.39 is 11.6 Å². The first-order chi connectivity index (χ1) is 17.0. The quantitative estimate of drug-likeness (QED) is 0.188. The summed E-state index contributed by atoms with van der Waals surface area (Å²) in [5.74, 6) is 0.336. The Morgan fingerprint density at radius 2 is 1.94 bits per heavy atom. The summed E-state index contributed by atoms with van der Waals surface area (Å²) in [5.41, 5.74) is 7.24. The summed E-state index contributed by atoms with van der Waals surface area (Å²) in [6.07, 6.45) is 2.59. The van der Waals surface area contributed by atoms with Crippen molar-refractivity contribution in [3.05, 3.63) is 67.9 Å². The van der Waals surface area contributed by atoms with Gasteiger partial charge in [0.05, 0.1) is 33.2 Å². The lowest BCUT2D eigenvalue weighted by Crippen LogP contribution is -2.29. The Morgan fingerprint density at radius 1 is 1.22 bits per heavy atom. The maximum atomic E-state index is 12.6. The van der Waals surface area contributed by atoms with Gasteiger partial charge in [0, 0.05) is 17.6 Å². The lowest BCUT2D eigenvalue weighted by atomic mass is 10.0. The predicted octanol–water partition coefficient (Wildman–Crippen LogP) is 6.09. The second-order valence-electron chi connectivity index (χ2n) is 8.68. The highest BCUT2D eigenvalue weighted by Gasteiger charge is 2.16. The van der Waals surface area contributed by atoms with Gasteiger partial charge >= 0.3 is 0 Å². The molecule has 0 spiro atoms. The fourth-order valence-electron chi connectivity index (χ4n) is 3.87. The van der Waals surface area contributed by atoms with E-state index in [1.54, 1.807) is 13.3 Å². The van der Waals surface area contributed by atoms with Crippen LogP contribution in [0.25, 0.3) is 21.7 Å². The Morgan fingerprint density at radius 3 is 2.58 bits per heavy atom. The molecule has 36 heavy (non-hydrogen) atoms. The summed E-state index contributed by atoms with van der Waals surface area (Å²) in [7, 11) is 1.57. The summed E-state index contributed by atoms with van der Waals surface area (Å²) >= 11 is 8.26. The van der Waals surface area contributed by atoms with Gasteiger partial charge in [-0.3, -0.25) is 9.78 Å². The zero-order chi connectivity index (χ0) is 26.6. The van der Waals surface area contributed by atoms with E-state index in [0.29, 0.717) is 40.6 Å². The topological polar surface area (TPSA) is 110 Å². The molecule has 4 rings (SSSR count). The molecule has 2 heterocycles. The van der Waals surface area contributed by atoms with Gasteiger partial charge in [-0.05, 0) is 70.9 Å². The molecule has 0 aliphatic heterocycles. The molecule has 10 heteroatoms. The van der Waals surface area contributed by atoms with Crippen molar-refractivity contribution in [3.63, 3.8) is 0 Å². The molecule has 4 aromatic rings. The lowest BCUT2D eigenvalue weighted by molar-refractivity contribution is 0.259. The van der Waals surface area contributed by atoms with Crippen LogP contribution in [0.1, 0.15) is 26.0 Å². The number of benzene rings is 2. The molecule has 1 atom stereocenters. The molecule has 0 aliphatic rings. The number of rotatable bonds is 6. The summed E-state index contributed by atoms with van der Waals surface area (Å²) in [4.78, 5) is 19.7. The SMILES string of the molecule is COc1c(OC[C@@H](N)CC(C)C)ccc2c1[nH]c(=O)c1c(C)nccc12.Oc1c(Cl)ccc(Br)c1F. The van der Waals surface area contributed by atoms with Crippen molar-refractivity contribution in [3.8, 4) is 17.2 Å². The number of phenols is 1. The van der Waals surface area contributed by atoms with Crippen LogP contribution >= 0.6 is 27.5 Å². The van der Waals surface area contributed by atoms with Crippen LogP contribution in [0.4, 0.5) is 4.39 Å². The molecule has 2 aromatic carbocycles. The van der Waals surface area contributed by atoms with Crippen LogP contribution < -0.4 is 20.8 Å². The Hall–Kier alpha value is -2.88. The number of hydrogen-bond donors (Lipinski definition) is 3. The molecule has 0 saturated heterocycles. The van der Waals surface area contributed by atoms with Crippen LogP contribution in [0.15, 0.2) is 45.8 Å². The standard InChI is InChI=1S/C20H25N3O3.C6H3BrClFO/c1-11(2)9-13(21)10-26-16-6-5-15-14-7-8-22-12(3)17(14)20(24)23-18(15)19(16)25-4;7-3-1-2-4(8)6(10)5(3)9/h5-8,11,13H,9-10,21H2,1-4H3,(H,23,24);1-2,10H/t13-;/m0./s1.